The van der Waals surface area contributed by atoms with Crippen LogP contribution in [0.2, 0.25) is 5.02 Å². The molecular weight excluding hydrogens is 333 g/mol. The third kappa shape index (κ3) is 3.93. The lowest BCUT2D eigenvalue weighted by Crippen LogP contribution is -2.00. The zero-order valence-corrected chi connectivity index (χ0v) is 12.3. The molecule has 0 aliphatic carbocycles. The second-order valence-corrected chi connectivity index (χ2v) is 5.35. The quantitative estimate of drug-likeness (QED) is 0.898. The minimum atomic E-state index is -0.361. The summed E-state index contributed by atoms with van der Waals surface area (Å²) < 4.78 is 19.7. The number of hydrogen-bond donors (Lipinski definition) is 1. The van der Waals surface area contributed by atoms with Gasteiger partial charge in [-0.1, -0.05) is 33.6 Å². The molecule has 0 unspecified atom stereocenters. The van der Waals surface area contributed by atoms with E-state index >= 15 is 0 Å². The summed E-state index contributed by atoms with van der Waals surface area (Å²) in [5.41, 5.74) is 7.02. The second kappa shape index (κ2) is 6.37. The minimum Gasteiger partial charge on any atom is -0.489 e. The van der Waals surface area contributed by atoms with E-state index in [1.165, 1.54) is 12.1 Å². The number of benzene rings is 2. The highest BCUT2D eigenvalue weighted by molar-refractivity contribution is 9.10. The molecule has 0 saturated carbocycles. The van der Waals surface area contributed by atoms with Crippen molar-refractivity contribution in [3.63, 3.8) is 0 Å². The van der Waals surface area contributed by atoms with Crippen LogP contribution < -0.4 is 10.5 Å². The van der Waals surface area contributed by atoms with Gasteiger partial charge < -0.3 is 10.5 Å². The Bertz CT molecular complexity index is 592. The standard InChI is InChI=1S/C14H12BrClFNO/c15-11-2-1-10(14(16)5-11)8-19-13-4-9(7-18)3-12(17)6-13/h1-6H,7-8,18H2. The van der Waals surface area contributed by atoms with Gasteiger partial charge in [-0.15, -0.1) is 0 Å². The van der Waals surface area contributed by atoms with Crippen LogP contribution in [0, 0.1) is 5.82 Å². The molecular formula is C14H12BrClFNO. The molecule has 0 saturated heterocycles. The van der Waals surface area contributed by atoms with Gasteiger partial charge in [0.15, 0.2) is 0 Å². The molecule has 0 aliphatic rings. The van der Waals surface area contributed by atoms with Crippen molar-refractivity contribution in [1.29, 1.82) is 0 Å². The fourth-order valence-corrected chi connectivity index (χ4v) is 2.35. The van der Waals surface area contributed by atoms with E-state index in [9.17, 15) is 4.39 Å². The van der Waals surface area contributed by atoms with E-state index in [-0.39, 0.29) is 19.0 Å². The third-order valence-electron chi connectivity index (χ3n) is 2.58. The van der Waals surface area contributed by atoms with E-state index in [1.807, 2.05) is 12.1 Å². The molecule has 2 aromatic carbocycles. The zero-order valence-electron chi connectivity index (χ0n) is 10.00. The molecule has 0 fully saturated rings. The Morgan fingerprint density at radius 1 is 1.21 bits per heavy atom. The van der Waals surface area contributed by atoms with E-state index in [1.54, 1.807) is 12.1 Å². The minimum absolute atomic E-state index is 0.271. The van der Waals surface area contributed by atoms with Crippen LogP contribution in [-0.2, 0) is 13.2 Å². The summed E-state index contributed by atoms with van der Waals surface area (Å²) in [5, 5.41) is 0.602. The Kier molecular flexibility index (Phi) is 4.80. The fourth-order valence-electron chi connectivity index (χ4n) is 1.62. The lowest BCUT2D eigenvalue weighted by molar-refractivity contribution is 0.304. The third-order valence-corrected chi connectivity index (χ3v) is 3.42. The molecule has 0 aromatic heterocycles. The first-order valence-electron chi connectivity index (χ1n) is 5.65. The number of halogens is 3. The van der Waals surface area contributed by atoms with E-state index in [2.05, 4.69) is 15.9 Å². The van der Waals surface area contributed by atoms with Crippen molar-refractivity contribution >= 4 is 27.5 Å². The lowest BCUT2D eigenvalue weighted by Gasteiger charge is -2.09. The topological polar surface area (TPSA) is 35.2 Å². The number of ether oxygens (including phenoxy) is 1. The van der Waals surface area contributed by atoms with E-state index < -0.39 is 0 Å². The molecule has 0 spiro atoms. The number of rotatable bonds is 4. The molecule has 0 radical (unpaired) electrons. The first-order chi connectivity index (χ1) is 9.08. The normalized spacial score (nSPS) is 10.5. The molecule has 100 valence electrons. The second-order valence-electron chi connectivity index (χ2n) is 4.02. The average molecular weight is 345 g/mol. The van der Waals surface area contributed by atoms with Crippen LogP contribution in [-0.4, -0.2) is 0 Å². The van der Waals surface area contributed by atoms with E-state index in [4.69, 9.17) is 22.1 Å². The van der Waals surface area contributed by atoms with Crippen LogP contribution in [0.1, 0.15) is 11.1 Å². The SMILES string of the molecule is NCc1cc(F)cc(OCc2ccc(Br)cc2Cl)c1. The Balaban J connectivity index is 2.12. The van der Waals surface area contributed by atoms with Crippen molar-refractivity contribution in [2.24, 2.45) is 5.73 Å². The van der Waals surface area contributed by atoms with Gasteiger partial charge in [0.1, 0.15) is 18.2 Å². The van der Waals surface area contributed by atoms with Crippen LogP contribution in [0.5, 0.6) is 5.75 Å². The molecule has 0 amide bonds. The van der Waals surface area contributed by atoms with Gasteiger partial charge in [-0.2, -0.15) is 0 Å². The van der Waals surface area contributed by atoms with Crippen molar-refractivity contribution in [3.8, 4) is 5.75 Å². The number of hydrogen-bond acceptors (Lipinski definition) is 2. The Hall–Kier alpha value is -1.10. The maximum Gasteiger partial charge on any atom is 0.127 e. The van der Waals surface area contributed by atoms with E-state index in [0.717, 1.165) is 10.0 Å². The first-order valence-corrected chi connectivity index (χ1v) is 6.82. The fraction of sp³-hybridized carbons (Fsp3) is 0.143. The Morgan fingerprint density at radius 2 is 2.00 bits per heavy atom. The van der Waals surface area contributed by atoms with Crippen LogP contribution in [0.25, 0.3) is 0 Å². The molecule has 0 bridgehead atoms. The first kappa shape index (κ1) is 14.3. The lowest BCUT2D eigenvalue weighted by atomic mass is 10.2. The van der Waals surface area contributed by atoms with Crippen LogP contribution in [0.4, 0.5) is 4.39 Å². The Morgan fingerprint density at radius 3 is 2.68 bits per heavy atom. The summed E-state index contributed by atoms with van der Waals surface area (Å²) in [7, 11) is 0. The highest BCUT2D eigenvalue weighted by Crippen LogP contribution is 2.23. The molecule has 2 nitrogen and oxygen atoms in total. The Labute approximate surface area is 124 Å². The predicted octanol–water partition coefficient (Wildman–Crippen LogP) is 4.28. The van der Waals surface area contributed by atoms with Crippen molar-refractivity contribution in [2.75, 3.05) is 0 Å². The highest BCUT2D eigenvalue weighted by atomic mass is 79.9. The van der Waals surface area contributed by atoms with Gasteiger partial charge in [-0.25, -0.2) is 4.39 Å². The monoisotopic (exact) mass is 343 g/mol. The molecule has 0 heterocycles. The zero-order chi connectivity index (χ0) is 13.8. The molecule has 2 rings (SSSR count). The van der Waals surface area contributed by atoms with Crippen molar-refractivity contribution in [1.82, 2.24) is 0 Å². The van der Waals surface area contributed by atoms with Crippen molar-refractivity contribution in [3.05, 3.63) is 62.8 Å². The average Bonchev–Trinajstić information content (AvgIpc) is 2.37. The van der Waals surface area contributed by atoms with Gasteiger partial charge >= 0.3 is 0 Å². The predicted molar refractivity (Wildman–Crippen MR) is 77.8 cm³/mol. The maximum absolute atomic E-state index is 13.3. The van der Waals surface area contributed by atoms with Crippen molar-refractivity contribution < 1.29 is 9.13 Å². The summed E-state index contributed by atoms with van der Waals surface area (Å²) >= 11 is 9.41. The van der Waals surface area contributed by atoms with Crippen LogP contribution in [0.15, 0.2) is 40.9 Å². The summed E-state index contributed by atoms with van der Waals surface area (Å²) in [6.45, 7) is 0.548. The van der Waals surface area contributed by atoms with Crippen LogP contribution >= 0.6 is 27.5 Å². The molecule has 19 heavy (non-hydrogen) atoms. The van der Waals surface area contributed by atoms with Crippen molar-refractivity contribution in [2.45, 2.75) is 13.2 Å². The van der Waals surface area contributed by atoms with Gasteiger partial charge in [-0.05, 0) is 29.8 Å². The number of nitrogens with two attached hydrogens (primary N) is 1. The van der Waals surface area contributed by atoms with Gasteiger partial charge in [-0.3, -0.25) is 0 Å². The van der Waals surface area contributed by atoms with Gasteiger partial charge in [0.25, 0.3) is 0 Å². The molecule has 2 N–H and O–H groups in total. The van der Waals surface area contributed by atoms with Crippen LogP contribution in [0.3, 0.4) is 0 Å². The molecule has 0 atom stereocenters. The summed E-state index contributed by atoms with van der Waals surface area (Å²) in [6, 6.07) is 9.95. The summed E-state index contributed by atoms with van der Waals surface area (Å²) in [4.78, 5) is 0. The molecule has 2 aromatic rings. The van der Waals surface area contributed by atoms with Gasteiger partial charge in [0.2, 0.25) is 0 Å². The summed E-state index contributed by atoms with van der Waals surface area (Å²) in [6.07, 6.45) is 0. The molecule has 5 heteroatoms. The largest absolute Gasteiger partial charge is 0.489 e. The summed E-state index contributed by atoms with van der Waals surface area (Å²) in [5.74, 6) is 0.0827. The maximum atomic E-state index is 13.3. The highest BCUT2D eigenvalue weighted by Gasteiger charge is 2.04. The van der Waals surface area contributed by atoms with Gasteiger partial charge in [0.05, 0.1) is 0 Å². The van der Waals surface area contributed by atoms with E-state index in [0.29, 0.717) is 16.3 Å². The smallest absolute Gasteiger partial charge is 0.127 e. The van der Waals surface area contributed by atoms with Gasteiger partial charge in [0, 0.05) is 27.7 Å². The molecule has 0 aliphatic heterocycles.